The van der Waals surface area contributed by atoms with Gasteiger partial charge in [0.2, 0.25) is 10.0 Å². The number of hydrogen-bond acceptors (Lipinski definition) is 6. The molecular weight excluding hydrogens is 294 g/mol. The van der Waals surface area contributed by atoms with Crippen LogP contribution in [0.1, 0.15) is 19.3 Å². The van der Waals surface area contributed by atoms with Crippen LogP contribution in [0.4, 0.5) is 0 Å². The predicted molar refractivity (Wildman–Crippen MR) is 71.2 cm³/mol. The van der Waals surface area contributed by atoms with Crippen LogP contribution in [0.15, 0.2) is 5.16 Å². The third-order valence-electron chi connectivity index (χ3n) is 3.07. The quantitative estimate of drug-likeness (QED) is 0.245. The molecule has 0 bridgehead atoms. The highest BCUT2D eigenvalue weighted by Crippen LogP contribution is 2.26. The molecule has 1 aliphatic rings. The van der Waals surface area contributed by atoms with E-state index in [2.05, 4.69) is 9.88 Å². The Bertz CT molecular complexity index is 540. The van der Waals surface area contributed by atoms with E-state index < -0.39 is 37.4 Å². The zero-order chi connectivity index (χ0) is 14.7. The Hall–Kier alpha value is -0.870. The maximum atomic E-state index is 11.8. The van der Waals surface area contributed by atoms with Crippen LogP contribution in [0.25, 0.3) is 0 Å². The van der Waals surface area contributed by atoms with Gasteiger partial charge in [0.05, 0.1) is 11.5 Å². The van der Waals surface area contributed by atoms with Crippen LogP contribution in [0.2, 0.25) is 0 Å². The highest BCUT2D eigenvalue weighted by Gasteiger charge is 2.33. The molecule has 112 valence electrons. The van der Waals surface area contributed by atoms with Crippen LogP contribution in [0, 0.1) is 5.92 Å². The van der Waals surface area contributed by atoms with Gasteiger partial charge < -0.3 is 10.9 Å². The fourth-order valence-corrected chi connectivity index (χ4v) is 5.03. The lowest BCUT2D eigenvalue weighted by atomic mass is 10.0. The van der Waals surface area contributed by atoms with Gasteiger partial charge in [-0.3, -0.25) is 0 Å². The molecule has 0 amide bonds. The van der Waals surface area contributed by atoms with Gasteiger partial charge in [0, 0.05) is 18.2 Å². The van der Waals surface area contributed by atoms with Crippen molar-refractivity contribution in [2.75, 3.05) is 17.8 Å². The molecule has 0 radical (unpaired) electrons. The van der Waals surface area contributed by atoms with E-state index in [9.17, 15) is 16.8 Å². The topological polar surface area (TPSA) is 139 Å². The lowest BCUT2D eigenvalue weighted by Gasteiger charge is -2.19. The lowest BCUT2D eigenvalue weighted by Crippen LogP contribution is -2.43. The number of rotatable bonds is 6. The maximum absolute atomic E-state index is 11.8. The first-order chi connectivity index (χ1) is 8.64. The van der Waals surface area contributed by atoms with Gasteiger partial charge in [0.25, 0.3) is 0 Å². The average Bonchev–Trinajstić information content (AvgIpc) is 2.72. The molecule has 0 aromatic rings. The summed E-state index contributed by atoms with van der Waals surface area (Å²) in [6, 6.07) is -0.444. The molecule has 0 saturated heterocycles. The van der Waals surface area contributed by atoms with E-state index in [1.807, 2.05) is 0 Å². The normalized spacial score (nSPS) is 25.6. The van der Waals surface area contributed by atoms with Crippen LogP contribution in [0.3, 0.4) is 0 Å². The summed E-state index contributed by atoms with van der Waals surface area (Å²) in [7, 11) is -7.03. The molecule has 0 aromatic heterocycles. The van der Waals surface area contributed by atoms with Crippen molar-refractivity contribution in [2.24, 2.45) is 16.8 Å². The number of nitrogens with two attached hydrogens (primary N) is 1. The smallest absolute Gasteiger partial charge is 0.212 e. The fourth-order valence-electron chi connectivity index (χ4n) is 2.08. The Balaban J connectivity index is 2.67. The largest absolute Gasteiger partial charge is 0.409 e. The zero-order valence-corrected chi connectivity index (χ0v) is 12.2. The first-order valence-electron chi connectivity index (χ1n) is 5.80. The molecule has 1 saturated carbocycles. The number of sulfonamides is 1. The Morgan fingerprint density at radius 1 is 1.32 bits per heavy atom. The van der Waals surface area contributed by atoms with Gasteiger partial charge in [-0.2, -0.15) is 0 Å². The van der Waals surface area contributed by atoms with Crippen molar-refractivity contribution in [1.29, 1.82) is 0 Å². The van der Waals surface area contributed by atoms with E-state index >= 15 is 0 Å². The Morgan fingerprint density at radius 2 is 1.95 bits per heavy atom. The van der Waals surface area contributed by atoms with Crippen molar-refractivity contribution < 1.29 is 22.0 Å². The molecule has 2 unspecified atom stereocenters. The predicted octanol–water partition coefficient (Wildman–Crippen LogP) is -1.13. The molecule has 4 N–H and O–H groups in total. The second-order valence-electron chi connectivity index (χ2n) is 4.74. The zero-order valence-electron chi connectivity index (χ0n) is 10.6. The molecule has 1 aliphatic carbocycles. The van der Waals surface area contributed by atoms with Gasteiger partial charge in [0.1, 0.15) is 15.7 Å². The Labute approximate surface area is 113 Å². The number of nitrogens with zero attached hydrogens (tertiary/aromatic N) is 1. The van der Waals surface area contributed by atoms with Gasteiger partial charge >= 0.3 is 0 Å². The summed E-state index contributed by atoms with van der Waals surface area (Å²) >= 11 is 0. The minimum absolute atomic E-state index is 0.00619. The summed E-state index contributed by atoms with van der Waals surface area (Å²) in [6.07, 6.45) is 2.96. The highest BCUT2D eigenvalue weighted by atomic mass is 32.2. The number of nitrogens with one attached hydrogen (secondary N) is 1. The summed E-state index contributed by atoms with van der Waals surface area (Å²) in [5, 5.41) is 11.5. The third kappa shape index (κ3) is 5.33. The van der Waals surface area contributed by atoms with E-state index in [0.29, 0.717) is 12.8 Å². The number of hydrogen-bond donors (Lipinski definition) is 3. The van der Waals surface area contributed by atoms with Gasteiger partial charge in [0.15, 0.2) is 0 Å². The Kier molecular flexibility index (Phi) is 5.16. The number of oxime groups is 1. The summed E-state index contributed by atoms with van der Waals surface area (Å²) in [4.78, 5) is 0. The molecule has 2 atom stereocenters. The van der Waals surface area contributed by atoms with E-state index in [-0.39, 0.29) is 11.8 Å². The van der Waals surface area contributed by atoms with Crippen LogP contribution >= 0.6 is 0 Å². The SMILES string of the molecule is CS(=O)(=O)CCS(=O)(=O)NC1CCCC1C(N)=NO. The lowest BCUT2D eigenvalue weighted by molar-refractivity contribution is 0.312. The molecule has 0 aliphatic heterocycles. The van der Waals surface area contributed by atoms with Crippen LogP contribution in [0.5, 0.6) is 0 Å². The molecule has 19 heavy (non-hydrogen) atoms. The van der Waals surface area contributed by atoms with Crippen molar-refractivity contribution in [1.82, 2.24) is 4.72 Å². The van der Waals surface area contributed by atoms with Gasteiger partial charge in [-0.25, -0.2) is 21.6 Å². The molecule has 0 heterocycles. The molecule has 0 aromatic carbocycles. The van der Waals surface area contributed by atoms with E-state index in [1.54, 1.807) is 0 Å². The van der Waals surface area contributed by atoms with Gasteiger partial charge in [-0.05, 0) is 12.8 Å². The highest BCUT2D eigenvalue weighted by molar-refractivity contribution is 7.93. The van der Waals surface area contributed by atoms with Crippen LogP contribution in [-0.4, -0.2) is 51.7 Å². The van der Waals surface area contributed by atoms with Crippen molar-refractivity contribution in [3.8, 4) is 0 Å². The monoisotopic (exact) mass is 313 g/mol. The molecule has 1 rings (SSSR count). The van der Waals surface area contributed by atoms with Crippen molar-refractivity contribution >= 4 is 25.7 Å². The van der Waals surface area contributed by atoms with Crippen molar-refractivity contribution in [3.63, 3.8) is 0 Å². The van der Waals surface area contributed by atoms with Crippen LogP contribution < -0.4 is 10.5 Å². The molecule has 0 spiro atoms. The van der Waals surface area contributed by atoms with Crippen molar-refractivity contribution in [2.45, 2.75) is 25.3 Å². The van der Waals surface area contributed by atoms with E-state index in [1.165, 1.54) is 0 Å². The van der Waals surface area contributed by atoms with E-state index in [4.69, 9.17) is 10.9 Å². The number of sulfone groups is 1. The number of amidine groups is 1. The summed E-state index contributed by atoms with van der Waals surface area (Å²) < 4.78 is 47.9. The van der Waals surface area contributed by atoms with Crippen molar-refractivity contribution in [3.05, 3.63) is 0 Å². The minimum atomic E-state index is -3.69. The minimum Gasteiger partial charge on any atom is -0.409 e. The van der Waals surface area contributed by atoms with Gasteiger partial charge in [-0.1, -0.05) is 11.6 Å². The second-order valence-corrected chi connectivity index (χ2v) is 8.87. The standard InChI is InChI=1S/C9H19N3O5S2/c1-18(14,15)5-6-19(16,17)12-8-4-2-3-7(8)9(10)11-13/h7-8,12-13H,2-6H2,1H3,(H2,10,11). The molecule has 8 nitrogen and oxygen atoms in total. The Morgan fingerprint density at radius 3 is 2.47 bits per heavy atom. The average molecular weight is 313 g/mol. The van der Waals surface area contributed by atoms with E-state index in [0.717, 1.165) is 12.7 Å². The summed E-state index contributed by atoms with van der Waals surface area (Å²) in [5.41, 5.74) is 5.50. The van der Waals surface area contributed by atoms with Gasteiger partial charge in [-0.15, -0.1) is 0 Å². The summed E-state index contributed by atoms with van der Waals surface area (Å²) in [5.74, 6) is -1.26. The fraction of sp³-hybridized carbons (Fsp3) is 0.889. The molecule has 1 fully saturated rings. The first-order valence-corrected chi connectivity index (χ1v) is 9.51. The summed E-state index contributed by atoms with van der Waals surface area (Å²) in [6.45, 7) is 0. The third-order valence-corrected chi connectivity index (χ3v) is 5.67. The molecular formula is C9H19N3O5S2. The first kappa shape index (κ1) is 16.2. The van der Waals surface area contributed by atoms with Crippen LogP contribution in [-0.2, 0) is 19.9 Å². The maximum Gasteiger partial charge on any atom is 0.212 e. The second kappa shape index (κ2) is 6.06. The molecule has 10 heteroatoms.